The number of aliphatic imine (C=N–C) groups is 1. The van der Waals surface area contributed by atoms with E-state index in [1.807, 2.05) is 24.3 Å². The van der Waals surface area contributed by atoms with Crippen LogP contribution in [0, 0.1) is 0 Å². The first-order valence-electron chi connectivity index (χ1n) is 3.54. The second-order valence-corrected chi connectivity index (χ2v) is 2.34. The number of nitrogens with one attached hydrogen (secondary N) is 2. The quantitative estimate of drug-likeness (QED) is 0.583. The van der Waals surface area contributed by atoms with Gasteiger partial charge in [-0.1, -0.05) is 12.1 Å². The second kappa shape index (κ2) is 2.62. The van der Waals surface area contributed by atoms with Crippen LogP contribution in [0.2, 0.25) is 0 Å². The number of fused-ring (bicyclic) bond motifs is 1. The highest BCUT2D eigenvalue weighted by Gasteiger charge is 1.99. The van der Waals surface area contributed by atoms with Gasteiger partial charge in [0, 0.05) is 0 Å². The van der Waals surface area contributed by atoms with E-state index in [4.69, 9.17) is 0 Å². The molecule has 1 aliphatic heterocycles. The van der Waals surface area contributed by atoms with Crippen molar-refractivity contribution in [2.24, 2.45) is 4.99 Å². The third kappa shape index (κ3) is 1.17. The lowest BCUT2D eigenvalue weighted by Crippen LogP contribution is -1.96. The van der Waals surface area contributed by atoms with Gasteiger partial charge in [0.1, 0.15) is 6.67 Å². The molecule has 0 saturated heterocycles. The molecule has 0 bridgehead atoms. The molecule has 0 atom stereocenters. The molecular formula is C8H9N3. The van der Waals surface area contributed by atoms with Crippen molar-refractivity contribution < 1.29 is 0 Å². The molecule has 1 aliphatic rings. The van der Waals surface area contributed by atoms with Crippen LogP contribution in [0.25, 0.3) is 0 Å². The fraction of sp³-hybridized carbons (Fsp3) is 0.125. The summed E-state index contributed by atoms with van der Waals surface area (Å²) in [6.07, 6.45) is 1.71. The highest BCUT2D eigenvalue weighted by molar-refractivity contribution is 5.84. The molecule has 0 fully saturated rings. The molecule has 0 aliphatic carbocycles. The maximum Gasteiger partial charge on any atom is 0.109 e. The van der Waals surface area contributed by atoms with Gasteiger partial charge >= 0.3 is 0 Å². The van der Waals surface area contributed by atoms with Crippen LogP contribution in [0.15, 0.2) is 29.3 Å². The molecule has 0 unspecified atom stereocenters. The molecule has 1 aromatic rings. The van der Waals surface area contributed by atoms with Gasteiger partial charge in [0.2, 0.25) is 0 Å². The number of hydrogen-bond acceptors (Lipinski definition) is 3. The van der Waals surface area contributed by atoms with Crippen molar-refractivity contribution in [1.29, 1.82) is 0 Å². The van der Waals surface area contributed by atoms with E-state index in [1.165, 1.54) is 0 Å². The van der Waals surface area contributed by atoms with Crippen LogP contribution in [-0.4, -0.2) is 13.0 Å². The Balaban J connectivity index is 2.40. The molecule has 1 aromatic carbocycles. The summed E-state index contributed by atoms with van der Waals surface area (Å²) in [5, 5.41) is 6.24. The normalized spacial score (nSPS) is 14.2. The molecule has 0 aromatic heterocycles. The Labute approximate surface area is 65.2 Å². The van der Waals surface area contributed by atoms with Gasteiger partial charge in [-0.25, -0.2) is 0 Å². The molecule has 1 heterocycles. The lowest BCUT2D eigenvalue weighted by molar-refractivity contribution is 1.16. The molecule has 0 radical (unpaired) electrons. The molecule has 0 amide bonds. The second-order valence-electron chi connectivity index (χ2n) is 2.34. The molecule has 56 valence electrons. The van der Waals surface area contributed by atoms with Crippen LogP contribution in [-0.2, 0) is 0 Å². The topological polar surface area (TPSA) is 36.4 Å². The van der Waals surface area contributed by atoms with Crippen molar-refractivity contribution in [3.63, 3.8) is 0 Å². The molecule has 11 heavy (non-hydrogen) atoms. The van der Waals surface area contributed by atoms with Gasteiger partial charge in [0.25, 0.3) is 0 Å². The third-order valence-corrected chi connectivity index (χ3v) is 1.60. The minimum atomic E-state index is 0.643. The standard InChI is InChI=1S/C8H9N3/c1-2-4-8-7(3-1)10-5-9-6-11-8/h1-5,11H,6H2,(H,9,10). The monoisotopic (exact) mass is 147 g/mol. The van der Waals surface area contributed by atoms with Crippen LogP contribution in [0.1, 0.15) is 0 Å². The van der Waals surface area contributed by atoms with E-state index in [1.54, 1.807) is 6.34 Å². The van der Waals surface area contributed by atoms with E-state index < -0.39 is 0 Å². The van der Waals surface area contributed by atoms with Crippen LogP contribution >= 0.6 is 0 Å². The molecule has 0 saturated carbocycles. The molecular weight excluding hydrogens is 138 g/mol. The van der Waals surface area contributed by atoms with Crippen molar-refractivity contribution in [3.05, 3.63) is 24.3 Å². The molecule has 2 rings (SSSR count). The highest BCUT2D eigenvalue weighted by Crippen LogP contribution is 2.20. The van der Waals surface area contributed by atoms with Gasteiger partial charge in [-0.3, -0.25) is 4.99 Å². The molecule has 0 spiro atoms. The van der Waals surface area contributed by atoms with Crippen molar-refractivity contribution in [3.8, 4) is 0 Å². The summed E-state index contributed by atoms with van der Waals surface area (Å²) >= 11 is 0. The zero-order valence-corrected chi connectivity index (χ0v) is 6.04. The fourth-order valence-electron chi connectivity index (χ4n) is 1.05. The number of benzene rings is 1. The van der Waals surface area contributed by atoms with Crippen molar-refractivity contribution >= 4 is 17.7 Å². The van der Waals surface area contributed by atoms with Gasteiger partial charge in [0.15, 0.2) is 0 Å². The van der Waals surface area contributed by atoms with Crippen molar-refractivity contribution in [1.82, 2.24) is 0 Å². The Morgan fingerprint density at radius 1 is 1.18 bits per heavy atom. The largest absolute Gasteiger partial charge is 0.365 e. The minimum Gasteiger partial charge on any atom is -0.365 e. The smallest absolute Gasteiger partial charge is 0.109 e. The van der Waals surface area contributed by atoms with E-state index in [2.05, 4.69) is 15.6 Å². The van der Waals surface area contributed by atoms with Gasteiger partial charge in [-0.2, -0.15) is 0 Å². The lowest BCUT2D eigenvalue weighted by atomic mass is 10.3. The fourth-order valence-corrected chi connectivity index (χ4v) is 1.05. The van der Waals surface area contributed by atoms with Gasteiger partial charge in [-0.15, -0.1) is 0 Å². The number of anilines is 2. The van der Waals surface area contributed by atoms with Crippen molar-refractivity contribution in [2.75, 3.05) is 17.3 Å². The van der Waals surface area contributed by atoms with Crippen LogP contribution in [0.3, 0.4) is 0 Å². The van der Waals surface area contributed by atoms with E-state index in [0.717, 1.165) is 11.4 Å². The van der Waals surface area contributed by atoms with Crippen LogP contribution in [0.4, 0.5) is 11.4 Å². The Morgan fingerprint density at radius 3 is 2.91 bits per heavy atom. The van der Waals surface area contributed by atoms with Crippen molar-refractivity contribution in [2.45, 2.75) is 0 Å². The van der Waals surface area contributed by atoms with Gasteiger partial charge in [0.05, 0.1) is 17.7 Å². The predicted octanol–water partition coefficient (Wildman–Crippen LogP) is 1.51. The van der Waals surface area contributed by atoms with E-state index >= 15 is 0 Å². The minimum absolute atomic E-state index is 0.643. The van der Waals surface area contributed by atoms with Gasteiger partial charge in [-0.05, 0) is 12.1 Å². The first kappa shape index (κ1) is 6.22. The summed E-state index contributed by atoms with van der Waals surface area (Å²) in [4.78, 5) is 4.04. The SMILES string of the molecule is C1=NCNc2ccccc2N1. The summed E-state index contributed by atoms with van der Waals surface area (Å²) in [7, 11) is 0. The molecule has 3 heteroatoms. The maximum atomic E-state index is 4.04. The Bertz CT molecular complexity index is 280. The zero-order chi connectivity index (χ0) is 7.52. The van der Waals surface area contributed by atoms with E-state index in [-0.39, 0.29) is 0 Å². The zero-order valence-electron chi connectivity index (χ0n) is 6.04. The average Bonchev–Trinajstić information content (AvgIpc) is 2.28. The van der Waals surface area contributed by atoms with E-state index in [0.29, 0.717) is 6.67 Å². The lowest BCUT2D eigenvalue weighted by Gasteiger charge is -2.04. The Morgan fingerprint density at radius 2 is 2.00 bits per heavy atom. The Hall–Kier alpha value is -1.51. The summed E-state index contributed by atoms with van der Waals surface area (Å²) in [5.41, 5.74) is 2.18. The number of para-hydroxylation sites is 2. The summed E-state index contributed by atoms with van der Waals surface area (Å²) in [5.74, 6) is 0. The highest BCUT2D eigenvalue weighted by atomic mass is 15.1. The number of hydrogen-bond donors (Lipinski definition) is 2. The first-order valence-corrected chi connectivity index (χ1v) is 3.54. The number of nitrogens with zero attached hydrogens (tertiary/aromatic N) is 1. The average molecular weight is 147 g/mol. The molecule has 3 nitrogen and oxygen atoms in total. The Kier molecular flexibility index (Phi) is 1.48. The summed E-state index contributed by atoms with van der Waals surface area (Å²) in [6.45, 7) is 0.643. The summed E-state index contributed by atoms with van der Waals surface area (Å²) < 4.78 is 0. The maximum absolute atomic E-state index is 4.04. The van der Waals surface area contributed by atoms with Crippen LogP contribution < -0.4 is 10.6 Å². The molecule has 2 N–H and O–H groups in total. The summed E-state index contributed by atoms with van der Waals surface area (Å²) in [6, 6.07) is 8.03. The first-order chi connectivity index (χ1) is 5.47. The third-order valence-electron chi connectivity index (χ3n) is 1.60. The van der Waals surface area contributed by atoms with Gasteiger partial charge < -0.3 is 10.6 Å². The number of rotatable bonds is 0. The predicted molar refractivity (Wildman–Crippen MR) is 47.0 cm³/mol. The van der Waals surface area contributed by atoms with Crippen LogP contribution in [0.5, 0.6) is 0 Å². The van der Waals surface area contributed by atoms with E-state index in [9.17, 15) is 0 Å².